The number of rotatable bonds is 5. The highest BCUT2D eigenvalue weighted by Gasteiger charge is 2.44. The summed E-state index contributed by atoms with van der Waals surface area (Å²) in [6.45, 7) is 0. The molecule has 0 amide bonds. The Hall–Kier alpha value is -2.61. The van der Waals surface area contributed by atoms with Crippen molar-refractivity contribution in [3.8, 4) is 11.5 Å². The molecule has 1 N–H and O–H groups in total. The van der Waals surface area contributed by atoms with Gasteiger partial charge in [-0.15, -0.1) is 10.2 Å². The number of aromatic nitrogens is 4. The molecular weight excluding hydrogens is 352 g/mol. The van der Waals surface area contributed by atoms with Crippen LogP contribution < -0.4 is 5.32 Å². The van der Waals surface area contributed by atoms with Crippen molar-refractivity contribution in [2.45, 2.75) is 24.8 Å². The number of hydrogen-bond donors (Lipinski definition) is 1. The fourth-order valence-corrected chi connectivity index (χ4v) is 2.66. The molecule has 0 spiro atoms. The highest BCUT2D eigenvalue weighted by molar-refractivity contribution is 6.30. The zero-order chi connectivity index (χ0) is 17.4. The molecule has 0 aliphatic heterocycles. The third kappa shape index (κ3) is 3.17. The van der Waals surface area contributed by atoms with Crippen molar-refractivity contribution < 1.29 is 13.2 Å². The number of halogens is 3. The summed E-state index contributed by atoms with van der Waals surface area (Å²) in [6.07, 6.45) is 2.02. The van der Waals surface area contributed by atoms with E-state index in [9.17, 15) is 8.78 Å². The van der Waals surface area contributed by atoms with E-state index in [2.05, 4.69) is 25.5 Å². The van der Waals surface area contributed by atoms with Crippen LogP contribution in [0.25, 0.3) is 11.5 Å². The normalized spacial score (nSPS) is 15.4. The lowest BCUT2D eigenvalue weighted by Gasteiger charge is -2.17. The Balaban J connectivity index is 1.51. The standard InChI is InChI=1S/C16H12ClF2N5O/c17-11-3-1-10(2-4-11)16(5-6-16)22-15-20-7-9(8-21-15)13-23-24-14(25-13)12(18)19/h1-4,7-8,12H,5-6H2,(H,20,21,22). The molecular formula is C16H12ClF2N5O. The molecule has 3 aromatic rings. The van der Waals surface area contributed by atoms with Gasteiger partial charge in [0.2, 0.25) is 5.95 Å². The molecule has 25 heavy (non-hydrogen) atoms. The quantitative estimate of drug-likeness (QED) is 0.731. The molecule has 128 valence electrons. The maximum atomic E-state index is 12.5. The van der Waals surface area contributed by atoms with E-state index in [1.807, 2.05) is 24.3 Å². The van der Waals surface area contributed by atoms with Gasteiger partial charge in [0.1, 0.15) is 0 Å². The molecule has 4 rings (SSSR count). The molecule has 1 aliphatic carbocycles. The first kappa shape index (κ1) is 15.9. The first-order chi connectivity index (χ1) is 12.1. The van der Waals surface area contributed by atoms with Crippen LogP contribution in [-0.4, -0.2) is 20.2 Å². The van der Waals surface area contributed by atoms with E-state index in [0.29, 0.717) is 16.5 Å². The number of benzene rings is 1. The Morgan fingerprint density at radius 1 is 1.08 bits per heavy atom. The van der Waals surface area contributed by atoms with Gasteiger partial charge in [-0.3, -0.25) is 0 Å². The van der Waals surface area contributed by atoms with Crippen molar-refractivity contribution >= 4 is 17.5 Å². The summed E-state index contributed by atoms with van der Waals surface area (Å²) in [6, 6.07) is 7.64. The summed E-state index contributed by atoms with van der Waals surface area (Å²) in [5.41, 5.74) is 1.30. The van der Waals surface area contributed by atoms with Crippen molar-refractivity contribution in [2.24, 2.45) is 0 Å². The van der Waals surface area contributed by atoms with E-state index in [0.717, 1.165) is 18.4 Å². The molecule has 0 atom stereocenters. The van der Waals surface area contributed by atoms with Crippen molar-refractivity contribution in [3.05, 3.63) is 53.1 Å². The van der Waals surface area contributed by atoms with Crippen LogP contribution in [0.2, 0.25) is 5.02 Å². The predicted molar refractivity (Wildman–Crippen MR) is 86.3 cm³/mol. The zero-order valence-electron chi connectivity index (χ0n) is 12.8. The lowest BCUT2D eigenvalue weighted by molar-refractivity contribution is 0.116. The van der Waals surface area contributed by atoms with Gasteiger partial charge in [-0.05, 0) is 30.5 Å². The van der Waals surface area contributed by atoms with E-state index < -0.39 is 12.3 Å². The monoisotopic (exact) mass is 363 g/mol. The van der Waals surface area contributed by atoms with Crippen LogP contribution >= 0.6 is 11.6 Å². The van der Waals surface area contributed by atoms with Crippen LogP contribution in [0.4, 0.5) is 14.7 Å². The minimum absolute atomic E-state index is 0.0410. The number of hydrogen-bond acceptors (Lipinski definition) is 6. The van der Waals surface area contributed by atoms with Gasteiger partial charge in [0.15, 0.2) is 0 Å². The lowest BCUT2D eigenvalue weighted by atomic mass is 10.1. The van der Waals surface area contributed by atoms with Crippen LogP contribution in [0.3, 0.4) is 0 Å². The first-order valence-electron chi connectivity index (χ1n) is 7.54. The Kier molecular flexibility index (Phi) is 3.84. The predicted octanol–water partition coefficient (Wildman–Crippen LogP) is 4.22. The van der Waals surface area contributed by atoms with Crippen molar-refractivity contribution in [3.63, 3.8) is 0 Å². The van der Waals surface area contributed by atoms with Crippen molar-refractivity contribution in [1.82, 2.24) is 20.2 Å². The molecule has 2 aromatic heterocycles. The van der Waals surface area contributed by atoms with Gasteiger partial charge in [0.25, 0.3) is 11.8 Å². The van der Waals surface area contributed by atoms with Gasteiger partial charge in [-0.2, -0.15) is 8.78 Å². The van der Waals surface area contributed by atoms with E-state index in [-0.39, 0.29) is 11.4 Å². The van der Waals surface area contributed by atoms with Crippen molar-refractivity contribution in [1.29, 1.82) is 0 Å². The van der Waals surface area contributed by atoms with Gasteiger partial charge < -0.3 is 9.73 Å². The molecule has 9 heteroatoms. The van der Waals surface area contributed by atoms with Crippen LogP contribution in [0, 0.1) is 0 Å². The SMILES string of the molecule is FC(F)c1nnc(-c2cnc(NC3(c4ccc(Cl)cc4)CC3)nc2)o1. The second-order valence-corrected chi connectivity index (χ2v) is 6.19. The fraction of sp³-hybridized carbons (Fsp3) is 0.250. The van der Waals surface area contributed by atoms with Gasteiger partial charge in [0, 0.05) is 17.4 Å². The minimum Gasteiger partial charge on any atom is -0.415 e. The fourth-order valence-electron chi connectivity index (χ4n) is 2.54. The molecule has 2 heterocycles. The molecule has 1 aromatic carbocycles. The second-order valence-electron chi connectivity index (χ2n) is 5.76. The summed E-state index contributed by atoms with van der Waals surface area (Å²) in [4.78, 5) is 8.43. The first-order valence-corrected chi connectivity index (χ1v) is 7.92. The molecule has 1 fully saturated rings. The Labute approximate surface area is 146 Å². The Morgan fingerprint density at radius 2 is 1.76 bits per heavy atom. The third-order valence-corrected chi connectivity index (χ3v) is 4.28. The van der Waals surface area contributed by atoms with E-state index >= 15 is 0 Å². The largest absolute Gasteiger partial charge is 0.415 e. The molecule has 1 aliphatic rings. The topological polar surface area (TPSA) is 76.7 Å². The average Bonchev–Trinajstić information content (AvgIpc) is 3.21. The summed E-state index contributed by atoms with van der Waals surface area (Å²) in [5, 5.41) is 10.9. The number of anilines is 1. The summed E-state index contributed by atoms with van der Waals surface area (Å²) in [5.74, 6) is -0.331. The van der Waals surface area contributed by atoms with Crippen LogP contribution in [-0.2, 0) is 5.54 Å². The number of alkyl halides is 2. The molecule has 0 radical (unpaired) electrons. The average molecular weight is 364 g/mol. The Bertz CT molecular complexity index is 878. The van der Waals surface area contributed by atoms with E-state index in [4.69, 9.17) is 16.0 Å². The van der Waals surface area contributed by atoms with Crippen LogP contribution in [0.1, 0.15) is 30.7 Å². The maximum Gasteiger partial charge on any atom is 0.314 e. The van der Waals surface area contributed by atoms with Gasteiger partial charge in [-0.25, -0.2) is 9.97 Å². The minimum atomic E-state index is -2.81. The molecule has 0 saturated heterocycles. The molecule has 6 nitrogen and oxygen atoms in total. The zero-order valence-corrected chi connectivity index (χ0v) is 13.5. The van der Waals surface area contributed by atoms with Gasteiger partial charge in [0.05, 0.1) is 11.1 Å². The summed E-state index contributed by atoms with van der Waals surface area (Å²) < 4.78 is 29.9. The second kappa shape index (κ2) is 6.03. The molecule has 0 bridgehead atoms. The number of nitrogens with zero attached hydrogens (tertiary/aromatic N) is 4. The van der Waals surface area contributed by atoms with Gasteiger partial charge >= 0.3 is 6.43 Å². The van der Waals surface area contributed by atoms with E-state index in [1.54, 1.807) is 0 Å². The van der Waals surface area contributed by atoms with Crippen molar-refractivity contribution in [2.75, 3.05) is 5.32 Å². The van der Waals surface area contributed by atoms with Crippen LogP contribution in [0.15, 0.2) is 41.1 Å². The van der Waals surface area contributed by atoms with E-state index in [1.165, 1.54) is 12.4 Å². The van der Waals surface area contributed by atoms with Crippen LogP contribution in [0.5, 0.6) is 0 Å². The molecule has 0 unspecified atom stereocenters. The summed E-state index contributed by atoms with van der Waals surface area (Å²) in [7, 11) is 0. The summed E-state index contributed by atoms with van der Waals surface area (Å²) >= 11 is 5.93. The number of nitrogens with one attached hydrogen (secondary N) is 1. The third-order valence-electron chi connectivity index (χ3n) is 4.02. The van der Waals surface area contributed by atoms with Gasteiger partial charge in [-0.1, -0.05) is 23.7 Å². The lowest BCUT2D eigenvalue weighted by Crippen LogP contribution is -2.20. The highest BCUT2D eigenvalue weighted by Crippen LogP contribution is 2.47. The Morgan fingerprint density at radius 3 is 2.32 bits per heavy atom. The molecule has 1 saturated carbocycles. The maximum absolute atomic E-state index is 12.5. The smallest absolute Gasteiger partial charge is 0.314 e. The highest BCUT2D eigenvalue weighted by atomic mass is 35.5.